The van der Waals surface area contributed by atoms with Crippen molar-refractivity contribution in [3.05, 3.63) is 71.5 Å². The van der Waals surface area contributed by atoms with Gasteiger partial charge in [0.2, 0.25) is 11.8 Å². The van der Waals surface area contributed by atoms with Gasteiger partial charge in [-0.3, -0.25) is 9.59 Å². The highest BCUT2D eigenvalue weighted by molar-refractivity contribution is 5.84. The molecule has 5 heteroatoms. The lowest BCUT2D eigenvalue weighted by Gasteiger charge is -2.39. The molecule has 27 heavy (non-hydrogen) atoms. The first-order valence-corrected chi connectivity index (χ1v) is 9.31. The molecule has 0 saturated carbocycles. The number of hydrogen-bond acceptors (Lipinski definition) is 2. The van der Waals surface area contributed by atoms with Crippen LogP contribution in [0.1, 0.15) is 30.9 Å². The van der Waals surface area contributed by atoms with Gasteiger partial charge in [-0.05, 0) is 43.0 Å². The third-order valence-corrected chi connectivity index (χ3v) is 5.16. The van der Waals surface area contributed by atoms with Crippen LogP contribution >= 0.6 is 0 Å². The first-order chi connectivity index (χ1) is 13.0. The molecule has 3 rings (SSSR count). The van der Waals surface area contributed by atoms with Crippen molar-refractivity contribution in [2.24, 2.45) is 5.41 Å². The molecule has 1 unspecified atom stereocenters. The van der Waals surface area contributed by atoms with Crippen molar-refractivity contribution >= 4 is 11.8 Å². The number of likely N-dealkylation sites (tertiary alicyclic amines) is 1. The van der Waals surface area contributed by atoms with Crippen molar-refractivity contribution in [1.29, 1.82) is 0 Å². The van der Waals surface area contributed by atoms with Crippen molar-refractivity contribution in [2.45, 2.75) is 32.7 Å². The molecule has 2 aromatic rings. The Labute approximate surface area is 159 Å². The van der Waals surface area contributed by atoms with Crippen LogP contribution in [0.3, 0.4) is 0 Å². The number of halogens is 1. The van der Waals surface area contributed by atoms with Gasteiger partial charge in [0.25, 0.3) is 0 Å². The van der Waals surface area contributed by atoms with Crippen LogP contribution < -0.4 is 5.32 Å². The van der Waals surface area contributed by atoms with Crippen molar-refractivity contribution in [1.82, 2.24) is 10.2 Å². The molecule has 0 spiro atoms. The molecule has 1 atom stereocenters. The normalized spacial score (nSPS) is 19.6. The Hall–Kier alpha value is -2.69. The van der Waals surface area contributed by atoms with Crippen LogP contribution in [0.15, 0.2) is 54.6 Å². The second-order valence-corrected chi connectivity index (χ2v) is 7.45. The first-order valence-electron chi connectivity index (χ1n) is 9.31. The van der Waals surface area contributed by atoms with Gasteiger partial charge in [-0.2, -0.15) is 0 Å². The maximum Gasteiger partial charge on any atom is 0.227 e. The van der Waals surface area contributed by atoms with Gasteiger partial charge in [0, 0.05) is 19.6 Å². The Kier molecular flexibility index (Phi) is 5.89. The minimum Gasteiger partial charge on any atom is -0.351 e. The lowest BCUT2D eigenvalue weighted by atomic mass is 9.80. The quantitative estimate of drug-likeness (QED) is 0.880. The van der Waals surface area contributed by atoms with E-state index in [2.05, 4.69) is 5.32 Å². The number of rotatable bonds is 5. The third kappa shape index (κ3) is 4.94. The molecule has 2 aromatic carbocycles. The van der Waals surface area contributed by atoms with E-state index in [4.69, 9.17) is 0 Å². The highest BCUT2D eigenvalue weighted by Crippen LogP contribution is 2.30. The molecule has 4 nitrogen and oxygen atoms in total. The van der Waals surface area contributed by atoms with Crippen LogP contribution in [0.2, 0.25) is 0 Å². The summed E-state index contributed by atoms with van der Waals surface area (Å²) >= 11 is 0. The SMILES string of the molecule is CC1(C(=O)NCc2ccccc2)CCCN(C(=O)Cc2ccc(F)cc2)C1. The molecule has 1 saturated heterocycles. The van der Waals surface area contributed by atoms with Crippen molar-refractivity contribution in [3.63, 3.8) is 0 Å². The Bertz CT molecular complexity index is 792. The van der Waals surface area contributed by atoms with E-state index in [1.165, 1.54) is 12.1 Å². The van der Waals surface area contributed by atoms with Crippen molar-refractivity contribution in [3.8, 4) is 0 Å². The van der Waals surface area contributed by atoms with Crippen molar-refractivity contribution < 1.29 is 14.0 Å². The Morgan fingerprint density at radius 2 is 1.78 bits per heavy atom. The maximum atomic E-state index is 13.0. The summed E-state index contributed by atoms with van der Waals surface area (Å²) in [6.07, 6.45) is 1.78. The van der Waals surface area contributed by atoms with Gasteiger partial charge in [-0.25, -0.2) is 4.39 Å². The van der Waals surface area contributed by atoms with Crippen LogP contribution in [-0.4, -0.2) is 29.8 Å². The first kappa shape index (κ1) is 19.1. The van der Waals surface area contributed by atoms with E-state index in [0.717, 1.165) is 24.0 Å². The minimum atomic E-state index is -0.592. The monoisotopic (exact) mass is 368 g/mol. The minimum absolute atomic E-state index is 0.0226. The van der Waals surface area contributed by atoms with Crippen LogP contribution in [0.25, 0.3) is 0 Å². The molecule has 1 heterocycles. The Morgan fingerprint density at radius 1 is 1.07 bits per heavy atom. The van der Waals surface area contributed by atoms with Crippen molar-refractivity contribution in [2.75, 3.05) is 13.1 Å². The van der Waals surface area contributed by atoms with E-state index < -0.39 is 5.41 Å². The summed E-state index contributed by atoms with van der Waals surface area (Å²) in [5, 5.41) is 3.01. The average molecular weight is 368 g/mol. The molecule has 1 aliphatic heterocycles. The molecule has 1 fully saturated rings. The smallest absolute Gasteiger partial charge is 0.227 e. The lowest BCUT2D eigenvalue weighted by Crippen LogP contribution is -2.52. The average Bonchev–Trinajstić information content (AvgIpc) is 2.68. The summed E-state index contributed by atoms with van der Waals surface area (Å²) in [7, 11) is 0. The van der Waals surface area contributed by atoms with Crippen LogP contribution in [0.4, 0.5) is 4.39 Å². The topological polar surface area (TPSA) is 49.4 Å². The number of carbonyl (C=O) groups is 2. The largest absolute Gasteiger partial charge is 0.351 e. The fourth-order valence-electron chi connectivity index (χ4n) is 3.52. The van der Waals surface area contributed by atoms with Crippen LogP contribution in [0, 0.1) is 11.2 Å². The fourth-order valence-corrected chi connectivity index (χ4v) is 3.52. The molecule has 0 radical (unpaired) electrons. The fraction of sp³-hybridized carbons (Fsp3) is 0.364. The van der Waals surface area contributed by atoms with Gasteiger partial charge < -0.3 is 10.2 Å². The maximum absolute atomic E-state index is 13.0. The summed E-state index contributed by atoms with van der Waals surface area (Å²) in [5.74, 6) is -0.360. The summed E-state index contributed by atoms with van der Waals surface area (Å²) < 4.78 is 13.0. The van der Waals surface area contributed by atoms with Gasteiger partial charge in [0.05, 0.1) is 11.8 Å². The second kappa shape index (κ2) is 8.33. The molecule has 0 aromatic heterocycles. The van der Waals surface area contributed by atoms with E-state index in [9.17, 15) is 14.0 Å². The molecule has 142 valence electrons. The number of nitrogens with one attached hydrogen (secondary N) is 1. The molecule has 1 N–H and O–H groups in total. The van der Waals surface area contributed by atoms with Crippen LogP contribution in [-0.2, 0) is 22.6 Å². The molecule has 1 aliphatic rings. The summed E-state index contributed by atoms with van der Waals surface area (Å²) in [4.78, 5) is 27.2. The second-order valence-electron chi connectivity index (χ2n) is 7.45. The number of hydrogen-bond donors (Lipinski definition) is 1. The lowest BCUT2D eigenvalue weighted by molar-refractivity contribution is -0.140. The number of piperidine rings is 1. The molecule has 2 amide bonds. The zero-order valence-electron chi connectivity index (χ0n) is 15.6. The number of nitrogens with zero attached hydrogens (tertiary/aromatic N) is 1. The molecular weight excluding hydrogens is 343 g/mol. The van der Waals surface area contributed by atoms with E-state index in [1.54, 1.807) is 17.0 Å². The Morgan fingerprint density at radius 3 is 2.48 bits per heavy atom. The standard InChI is InChI=1S/C22H25FN2O2/c1-22(21(27)24-15-18-6-3-2-4-7-18)12-5-13-25(16-22)20(26)14-17-8-10-19(23)11-9-17/h2-4,6-11H,5,12-16H2,1H3,(H,24,27). The molecule has 0 bridgehead atoms. The molecular formula is C22H25FN2O2. The van der Waals surface area contributed by atoms with Gasteiger partial charge in [-0.1, -0.05) is 42.5 Å². The number of benzene rings is 2. The molecule has 0 aliphatic carbocycles. The third-order valence-electron chi connectivity index (χ3n) is 5.16. The van der Waals surface area contributed by atoms with E-state index in [1.807, 2.05) is 37.3 Å². The van der Waals surface area contributed by atoms with Gasteiger partial charge in [0.15, 0.2) is 0 Å². The Balaban J connectivity index is 1.58. The zero-order chi connectivity index (χ0) is 19.3. The van der Waals surface area contributed by atoms with E-state index in [0.29, 0.717) is 19.6 Å². The van der Waals surface area contributed by atoms with Gasteiger partial charge >= 0.3 is 0 Å². The van der Waals surface area contributed by atoms with E-state index in [-0.39, 0.29) is 24.1 Å². The van der Waals surface area contributed by atoms with Crippen LogP contribution in [0.5, 0.6) is 0 Å². The predicted octanol–water partition coefficient (Wildman–Crippen LogP) is 3.31. The summed E-state index contributed by atoms with van der Waals surface area (Å²) in [5.41, 5.74) is 1.24. The number of amides is 2. The highest BCUT2D eigenvalue weighted by Gasteiger charge is 2.39. The number of carbonyl (C=O) groups excluding carboxylic acids is 2. The summed E-state index contributed by atoms with van der Waals surface area (Å²) in [6, 6.07) is 15.8. The summed E-state index contributed by atoms with van der Waals surface area (Å²) in [6.45, 7) is 3.47. The van der Waals surface area contributed by atoms with Gasteiger partial charge in [0.1, 0.15) is 5.82 Å². The zero-order valence-corrected chi connectivity index (χ0v) is 15.6. The van der Waals surface area contributed by atoms with Gasteiger partial charge in [-0.15, -0.1) is 0 Å². The predicted molar refractivity (Wildman–Crippen MR) is 102 cm³/mol. The van der Waals surface area contributed by atoms with E-state index >= 15 is 0 Å². The highest BCUT2D eigenvalue weighted by atomic mass is 19.1.